The molecule has 2 saturated heterocycles. The summed E-state index contributed by atoms with van der Waals surface area (Å²) in [6.07, 6.45) is 5.19. The van der Waals surface area contributed by atoms with Gasteiger partial charge in [0.1, 0.15) is 29.3 Å². The van der Waals surface area contributed by atoms with Crippen molar-refractivity contribution in [3.05, 3.63) is 72.6 Å². The number of imidazole rings is 2. The monoisotopic (exact) mass is 851 g/mol. The number of carbonyl (C=O) groups excluding carboxylic acids is 3. The summed E-state index contributed by atoms with van der Waals surface area (Å²) in [5, 5.41) is 10.1. The first-order valence-electron chi connectivity index (χ1n) is 22.0. The predicted octanol–water partition coefficient (Wildman–Crippen LogP) is 9.40. The van der Waals surface area contributed by atoms with Crippen LogP contribution in [0.4, 0.5) is 9.59 Å². The number of likely N-dealkylation sites (tertiary alicyclic amines) is 2. The largest absolute Gasteiger partial charge is 0.465 e. The zero-order chi connectivity index (χ0) is 45.3. The van der Waals surface area contributed by atoms with Crippen LogP contribution in [0, 0.1) is 17.3 Å². The molecule has 0 unspecified atom stereocenters. The van der Waals surface area contributed by atoms with E-state index in [1.54, 1.807) is 13.2 Å². The second kappa shape index (κ2) is 18.4. The lowest BCUT2D eigenvalue weighted by Gasteiger charge is -2.38. The van der Waals surface area contributed by atoms with Gasteiger partial charge in [0, 0.05) is 26.7 Å². The quantitative estimate of drug-likeness (QED) is 0.127. The Bertz CT molecular complexity index is 2200. The Morgan fingerprint density at radius 1 is 0.710 bits per heavy atom. The van der Waals surface area contributed by atoms with Gasteiger partial charge in [-0.2, -0.15) is 0 Å². The molecular weight excluding hydrogens is 785 g/mol. The van der Waals surface area contributed by atoms with Crippen molar-refractivity contribution in [1.82, 2.24) is 39.5 Å². The fraction of sp³-hybridized carbons (Fsp3) is 0.542. The Morgan fingerprint density at radius 2 is 1.11 bits per heavy atom. The Kier molecular flexibility index (Phi) is 13.6. The molecule has 14 nitrogen and oxygen atoms in total. The van der Waals surface area contributed by atoms with E-state index in [9.17, 15) is 24.3 Å². The van der Waals surface area contributed by atoms with Gasteiger partial charge in [-0.1, -0.05) is 97.0 Å². The van der Waals surface area contributed by atoms with Crippen molar-refractivity contribution >= 4 is 24.0 Å². The van der Waals surface area contributed by atoms with E-state index in [-0.39, 0.29) is 47.7 Å². The van der Waals surface area contributed by atoms with E-state index in [0.717, 1.165) is 65.1 Å². The van der Waals surface area contributed by atoms with Gasteiger partial charge >= 0.3 is 12.2 Å². The van der Waals surface area contributed by atoms with Crippen LogP contribution in [-0.4, -0.2) is 113 Å². The van der Waals surface area contributed by atoms with E-state index >= 15 is 0 Å². The van der Waals surface area contributed by atoms with Crippen LogP contribution < -0.4 is 0 Å². The van der Waals surface area contributed by atoms with Crippen molar-refractivity contribution in [2.75, 3.05) is 26.7 Å². The maximum Gasteiger partial charge on any atom is 0.410 e. The molecule has 0 saturated carbocycles. The van der Waals surface area contributed by atoms with E-state index in [1.165, 1.54) is 9.80 Å². The molecule has 0 aliphatic carbocycles. The highest BCUT2D eigenvalue weighted by Crippen LogP contribution is 2.36. The van der Waals surface area contributed by atoms with Crippen LogP contribution in [0.1, 0.15) is 119 Å². The van der Waals surface area contributed by atoms with Gasteiger partial charge in [0.15, 0.2) is 0 Å². The van der Waals surface area contributed by atoms with Gasteiger partial charge in [0.25, 0.3) is 0 Å². The average Bonchev–Trinajstić information content (AvgIpc) is 4.03. The molecule has 4 atom stereocenters. The summed E-state index contributed by atoms with van der Waals surface area (Å²) in [7, 11) is 1.63. The van der Waals surface area contributed by atoms with Crippen LogP contribution in [0.25, 0.3) is 33.6 Å². The number of hydrogen-bond acceptors (Lipinski definition) is 7. The zero-order valence-corrected chi connectivity index (χ0v) is 38.4. The molecule has 62 heavy (non-hydrogen) atoms. The minimum Gasteiger partial charge on any atom is -0.465 e. The number of ether oxygens (including phenoxy) is 1. The Morgan fingerprint density at radius 3 is 1.48 bits per heavy atom. The maximum atomic E-state index is 14.1. The van der Waals surface area contributed by atoms with Gasteiger partial charge in [-0.15, -0.1) is 0 Å². The van der Waals surface area contributed by atoms with Gasteiger partial charge in [-0.05, 0) is 86.0 Å². The molecule has 4 heterocycles. The smallest absolute Gasteiger partial charge is 0.410 e. The third-order valence-electron chi connectivity index (χ3n) is 11.7. The molecule has 14 heteroatoms. The molecule has 2 aliphatic heterocycles. The fourth-order valence-corrected chi connectivity index (χ4v) is 8.88. The summed E-state index contributed by atoms with van der Waals surface area (Å²) in [5.74, 6) is 0.829. The summed E-state index contributed by atoms with van der Waals surface area (Å²) in [4.78, 5) is 76.3. The summed E-state index contributed by atoms with van der Waals surface area (Å²) in [6.45, 7) is 20.5. The topological polar surface area (TPSA) is 168 Å². The molecule has 0 bridgehead atoms. The molecule has 6 rings (SSSR count). The number of H-pyrrole nitrogens is 2. The molecule has 3 N–H and O–H groups in total. The van der Waals surface area contributed by atoms with Crippen LogP contribution in [0.15, 0.2) is 60.9 Å². The summed E-state index contributed by atoms with van der Waals surface area (Å²) in [5.41, 5.74) is 4.76. The van der Waals surface area contributed by atoms with Gasteiger partial charge in [-0.25, -0.2) is 19.6 Å². The predicted molar refractivity (Wildman–Crippen MR) is 240 cm³/mol. The van der Waals surface area contributed by atoms with E-state index in [0.29, 0.717) is 18.9 Å². The number of carboxylic acid groups (broad SMARTS) is 1. The first-order valence-corrected chi connectivity index (χ1v) is 22.0. The number of amides is 4. The van der Waals surface area contributed by atoms with E-state index in [1.807, 2.05) is 85.2 Å². The fourth-order valence-electron chi connectivity index (χ4n) is 8.88. The molecule has 2 aromatic heterocycles. The van der Waals surface area contributed by atoms with Crippen LogP contribution in [-0.2, 0) is 14.3 Å². The molecule has 2 fully saturated rings. The molecule has 0 radical (unpaired) electrons. The second-order valence-corrected chi connectivity index (χ2v) is 19.8. The molecule has 4 amide bonds. The van der Waals surface area contributed by atoms with Crippen molar-refractivity contribution in [3.8, 4) is 33.6 Å². The molecule has 2 aliphatic rings. The van der Waals surface area contributed by atoms with Crippen LogP contribution in [0.2, 0.25) is 0 Å². The Hall–Kier alpha value is -5.66. The number of aromatic amines is 2. The first-order chi connectivity index (χ1) is 29.1. The van der Waals surface area contributed by atoms with Gasteiger partial charge in [0.05, 0.1) is 35.9 Å². The third-order valence-corrected chi connectivity index (χ3v) is 11.7. The van der Waals surface area contributed by atoms with E-state index < -0.39 is 29.9 Å². The normalized spacial score (nSPS) is 18.0. The second-order valence-electron chi connectivity index (χ2n) is 19.8. The summed E-state index contributed by atoms with van der Waals surface area (Å²) in [6, 6.07) is 14.6. The Balaban J connectivity index is 1.11. The zero-order valence-electron chi connectivity index (χ0n) is 38.4. The van der Waals surface area contributed by atoms with Gasteiger partial charge in [0.2, 0.25) is 11.8 Å². The van der Waals surface area contributed by atoms with Crippen molar-refractivity contribution in [2.24, 2.45) is 17.3 Å². The minimum absolute atomic E-state index is 0.109. The van der Waals surface area contributed by atoms with Crippen molar-refractivity contribution in [2.45, 2.75) is 125 Å². The van der Waals surface area contributed by atoms with Gasteiger partial charge in [-0.3, -0.25) is 19.4 Å². The summed E-state index contributed by atoms with van der Waals surface area (Å²) >= 11 is 0. The van der Waals surface area contributed by atoms with Crippen LogP contribution in [0.3, 0.4) is 0 Å². The van der Waals surface area contributed by atoms with E-state index in [4.69, 9.17) is 14.7 Å². The maximum absolute atomic E-state index is 14.1. The van der Waals surface area contributed by atoms with Crippen molar-refractivity contribution in [1.29, 1.82) is 0 Å². The highest BCUT2D eigenvalue weighted by atomic mass is 16.6. The van der Waals surface area contributed by atoms with Crippen molar-refractivity contribution in [3.63, 3.8) is 0 Å². The van der Waals surface area contributed by atoms with E-state index in [2.05, 4.69) is 58.5 Å². The number of likely N-dealkylation sites (N-methyl/N-ethyl adjacent to an activating group) is 1. The number of aromatic nitrogens is 4. The lowest BCUT2D eigenvalue weighted by molar-refractivity contribution is -0.140. The molecular formula is C48H66N8O6. The molecule has 2 aromatic carbocycles. The highest BCUT2D eigenvalue weighted by Gasteiger charge is 2.43. The SMILES string of the molecule is CC(C)[C@@H](C(=O)N1CCC[C@H]1c1ncc(-c2ccc(-c3ccc(-c4cnc([C@@H]5CCCN5C(=O)[C@H](C(C)C)N(CC(C)(C)C)C(=O)O)[nH]4)cc3)cc2)[nH]1)N(C)C(=O)OC(C)(C)C. The third kappa shape index (κ3) is 10.3. The molecule has 334 valence electrons. The number of hydrogen-bond donors (Lipinski definition) is 3. The number of nitrogens with one attached hydrogen (secondary N) is 2. The number of nitrogens with zero attached hydrogens (tertiary/aromatic N) is 6. The highest BCUT2D eigenvalue weighted by molar-refractivity contribution is 5.87. The number of rotatable bonds is 12. The summed E-state index contributed by atoms with van der Waals surface area (Å²) < 4.78 is 5.59. The Labute approximate surface area is 366 Å². The minimum atomic E-state index is -1.08. The number of benzene rings is 2. The average molecular weight is 851 g/mol. The van der Waals surface area contributed by atoms with Crippen molar-refractivity contribution < 1.29 is 29.0 Å². The van der Waals surface area contributed by atoms with Crippen LogP contribution in [0.5, 0.6) is 0 Å². The lowest BCUT2D eigenvalue weighted by atomic mass is 9.93. The lowest BCUT2D eigenvalue weighted by Crippen LogP contribution is -2.55. The number of carbonyl (C=O) groups is 4. The standard InChI is InChI=1S/C48H66N8O6/c1-29(2)39(53(11)46(61)62-48(8,9)10)43(57)54-24-12-14-37(54)41-49-26-35(51-41)33-20-16-31(17-21-33)32-18-22-34(23-19-32)36-27-50-42(52-36)38-15-13-25-55(38)44(58)40(30(3)4)56(45(59)60)28-47(5,6)7/h16-23,26-27,29-30,37-40H,12-15,24-25,28H2,1-11H3,(H,49,51)(H,50,52)(H,59,60)/t37-,38-,39-,40-/m0/s1. The molecule has 0 spiro atoms. The van der Waals surface area contributed by atoms with Crippen LogP contribution >= 0.6 is 0 Å². The molecule has 4 aromatic rings. The first kappa shape index (κ1) is 45.9. The van der Waals surface area contributed by atoms with Gasteiger partial charge < -0.3 is 29.6 Å².